The van der Waals surface area contributed by atoms with E-state index < -0.39 is 0 Å². The molecule has 1 atom stereocenters. The number of hydrogen-bond acceptors (Lipinski definition) is 4. The summed E-state index contributed by atoms with van der Waals surface area (Å²) in [5.41, 5.74) is 2.82. The highest BCUT2D eigenvalue weighted by Gasteiger charge is 2.24. The molecule has 2 heterocycles. The zero-order valence-electron chi connectivity index (χ0n) is 13.6. The molecule has 0 N–H and O–H groups in total. The summed E-state index contributed by atoms with van der Waals surface area (Å²) in [6.45, 7) is 6.20. The van der Waals surface area contributed by atoms with Gasteiger partial charge in [-0.2, -0.15) is 0 Å². The summed E-state index contributed by atoms with van der Waals surface area (Å²) in [7, 11) is 0. The van der Waals surface area contributed by atoms with Gasteiger partial charge in [0.15, 0.2) is 0 Å². The fraction of sp³-hybridized carbons (Fsp3) is 0.444. The van der Waals surface area contributed by atoms with Crippen LogP contribution in [0.2, 0.25) is 0 Å². The number of benzene rings is 1. The lowest BCUT2D eigenvalue weighted by molar-refractivity contribution is 0.00724. The van der Waals surface area contributed by atoms with Crippen molar-refractivity contribution >= 4 is 17.2 Å². The molecule has 1 aromatic heterocycles. The number of piperidine rings is 1. The second kappa shape index (κ2) is 7.23. The summed E-state index contributed by atoms with van der Waals surface area (Å²) >= 11 is 1.63. The molecule has 0 saturated carbocycles. The van der Waals surface area contributed by atoms with Crippen LogP contribution in [0.15, 0.2) is 29.6 Å². The Morgan fingerprint density at radius 3 is 2.83 bits per heavy atom. The largest absolute Gasteiger partial charge is 0.377 e. The normalized spacial score (nSPS) is 18.2. The van der Waals surface area contributed by atoms with Crippen molar-refractivity contribution in [3.8, 4) is 10.6 Å². The highest BCUT2D eigenvalue weighted by molar-refractivity contribution is 7.13. The van der Waals surface area contributed by atoms with E-state index in [4.69, 9.17) is 4.74 Å². The molecule has 23 heavy (non-hydrogen) atoms. The first-order chi connectivity index (χ1) is 11.2. The summed E-state index contributed by atoms with van der Waals surface area (Å²) in [6, 6.07) is 7.77. The molecule has 0 spiro atoms. The van der Waals surface area contributed by atoms with Gasteiger partial charge in [-0.1, -0.05) is 12.1 Å². The Bertz CT molecular complexity index is 664. The van der Waals surface area contributed by atoms with Crippen LogP contribution in [0.25, 0.3) is 10.6 Å². The van der Waals surface area contributed by atoms with Gasteiger partial charge in [-0.25, -0.2) is 4.98 Å². The van der Waals surface area contributed by atoms with Crippen molar-refractivity contribution in [1.82, 2.24) is 9.88 Å². The van der Waals surface area contributed by atoms with Crippen LogP contribution in [0.5, 0.6) is 0 Å². The van der Waals surface area contributed by atoms with Crippen LogP contribution in [0.3, 0.4) is 0 Å². The second-order valence-electron chi connectivity index (χ2n) is 5.84. The predicted octanol–water partition coefficient (Wildman–Crippen LogP) is 3.76. The predicted molar refractivity (Wildman–Crippen MR) is 92.8 cm³/mol. The fourth-order valence-electron chi connectivity index (χ4n) is 2.92. The van der Waals surface area contributed by atoms with E-state index in [1.807, 2.05) is 48.4 Å². The van der Waals surface area contributed by atoms with E-state index in [9.17, 15) is 4.79 Å². The molecule has 1 aliphatic heterocycles. The summed E-state index contributed by atoms with van der Waals surface area (Å²) < 4.78 is 5.68. The average molecular weight is 330 g/mol. The summed E-state index contributed by atoms with van der Waals surface area (Å²) in [5.74, 6) is 0.0938. The van der Waals surface area contributed by atoms with E-state index in [2.05, 4.69) is 4.98 Å². The smallest absolute Gasteiger partial charge is 0.253 e. The fourth-order valence-corrected chi connectivity index (χ4v) is 3.72. The van der Waals surface area contributed by atoms with E-state index in [0.717, 1.165) is 41.2 Å². The molecule has 1 aromatic carbocycles. The van der Waals surface area contributed by atoms with Crippen molar-refractivity contribution in [3.63, 3.8) is 0 Å². The Hall–Kier alpha value is -1.72. The van der Waals surface area contributed by atoms with Crippen LogP contribution >= 0.6 is 11.3 Å². The molecule has 1 aliphatic rings. The molecule has 2 aromatic rings. The molecule has 1 amide bonds. The lowest BCUT2D eigenvalue weighted by atomic mass is 10.1. The molecule has 1 unspecified atom stereocenters. The van der Waals surface area contributed by atoms with Crippen LogP contribution < -0.4 is 0 Å². The number of carbonyl (C=O) groups excluding carboxylic acids is 1. The first-order valence-electron chi connectivity index (χ1n) is 8.11. The molecule has 4 nitrogen and oxygen atoms in total. The van der Waals surface area contributed by atoms with Gasteiger partial charge in [0, 0.05) is 41.9 Å². The quantitative estimate of drug-likeness (QED) is 0.857. The van der Waals surface area contributed by atoms with Crippen LogP contribution in [0, 0.1) is 6.92 Å². The van der Waals surface area contributed by atoms with Gasteiger partial charge < -0.3 is 9.64 Å². The molecule has 0 radical (unpaired) electrons. The third-order valence-electron chi connectivity index (χ3n) is 4.07. The van der Waals surface area contributed by atoms with Crippen molar-refractivity contribution in [2.45, 2.75) is 32.8 Å². The number of thiazole rings is 1. The Labute approximate surface area is 141 Å². The number of nitrogens with zero attached hydrogens (tertiary/aromatic N) is 2. The number of ether oxygens (including phenoxy) is 1. The average Bonchev–Trinajstić information content (AvgIpc) is 3.01. The number of aromatic nitrogens is 1. The lowest BCUT2D eigenvalue weighted by Crippen LogP contribution is -2.43. The van der Waals surface area contributed by atoms with E-state index in [0.29, 0.717) is 13.2 Å². The van der Waals surface area contributed by atoms with Gasteiger partial charge in [0.1, 0.15) is 5.01 Å². The molecule has 1 fully saturated rings. The molecule has 3 rings (SSSR count). The SMILES string of the molecule is CCOC1CCCN(C(=O)c2ccc(-c3nc(C)cs3)cc2)C1. The zero-order chi connectivity index (χ0) is 16.2. The van der Waals surface area contributed by atoms with Gasteiger partial charge >= 0.3 is 0 Å². The maximum Gasteiger partial charge on any atom is 0.253 e. The lowest BCUT2D eigenvalue weighted by Gasteiger charge is -2.32. The summed E-state index contributed by atoms with van der Waals surface area (Å²) in [5, 5.41) is 3.03. The zero-order valence-corrected chi connectivity index (χ0v) is 14.4. The number of hydrogen-bond donors (Lipinski definition) is 0. The maximum absolute atomic E-state index is 12.7. The first-order valence-corrected chi connectivity index (χ1v) is 8.98. The topological polar surface area (TPSA) is 42.4 Å². The van der Waals surface area contributed by atoms with E-state index >= 15 is 0 Å². The van der Waals surface area contributed by atoms with E-state index in [1.54, 1.807) is 11.3 Å². The van der Waals surface area contributed by atoms with E-state index in [-0.39, 0.29) is 12.0 Å². The molecule has 0 aliphatic carbocycles. The Morgan fingerprint density at radius 1 is 1.39 bits per heavy atom. The minimum atomic E-state index is 0.0938. The minimum Gasteiger partial charge on any atom is -0.377 e. The number of rotatable bonds is 4. The van der Waals surface area contributed by atoms with Gasteiger partial charge in [-0.05, 0) is 38.8 Å². The third kappa shape index (κ3) is 3.79. The first kappa shape index (κ1) is 16.1. The molecule has 122 valence electrons. The second-order valence-corrected chi connectivity index (χ2v) is 6.70. The molecule has 0 bridgehead atoms. The van der Waals surface area contributed by atoms with Crippen LogP contribution in [0.4, 0.5) is 0 Å². The number of likely N-dealkylation sites (tertiary alicyclic amines) is 1. The molecule has 5 heteroatoms. The van der Waals surface area contributed by atoms with Gasteiger partial charge in [-0.15, -0.1) is 11.3 Å². The monoisotopic (exact) mass is 330 g/mol. The van der Waals surface area contributed by atoms with Crippen LogP contribution in [-0.2, 0) is 4.74 Å². The maximum atomic E-state index is 12.7. The van der Waals surface area contributed by atoms with Gasteiger partial charge in [-0.3, -0.25) is 4.79 Å². The van der Waals surface area contributed by atoms with Crippen LogP contribution in [-0.4, -0.2) is 41.6 Å². The van der Waals surface area contributed by atoms with Gasteiger partial charge in [0.05, 0.1) is 6.10 Å². The number of aryl methyl sites for hydroxylation is 1. The molecular formula is C18H22N2O2S. The third-order valence-corrected chi connectivity index (χ3v) is 5.07. The van der Waals surface area contributed by atoms with Gasteiger partial charge in [0.25, 0.3) is 5.91 Å². The Balaban J connectivity index is 1.70. The Morgan fingerprint density at radius 2 is 2.17 bits per heavy atom. The highest BCUT2D eigenvalue weighted by atomic mass is 32.1. The summed E-state index contributed by atoms with van der Waals surface area (Å²) in [6.07, 6.45) is 2.22. The van der Waals surface area contributed by atoms with Crippen molar-refractivity contribution in [1.29, 1.82) is 0 Å². The minimum absolute atomic E-state index is 0.0938. The Kier molecular flexibility index (Phi) is 5.08. The van der Waals surface area contributed by atoms with Crippen molar-refractivity contribution in [2.24, 2.45) is 0 Å². The standard InChI is InChI=1S/C18H22N2O2S/c1-3-22-16-5-4-10-20(11-16)18(21)15-8-6-14(7-9-15)17-19-13(2)12-23-17/h6-9,12,16H,3-5,10-11H2,1-2H3. The van der Waals surface area contributed by atoms with Crippen molar-refractivity contribution in [3.05, 3.63) is 40.9 Å². The van der Waals surface area contributed by atoms with E-state index in [1.165, 1.54) is 0 Å². The summed E-state index contributed by atoms with van der Waals surface area (Å²) in [4.78, 5) is 19.1. The van der Waals surface area contributed by atoms with Crippen molar-refractivity contribution in [2.75, 3.05) is 19.7 Å². The number of carbonyl (C=O) groups is 1. The number of amides is 1. The highest BCUT2D eigenvalue weighted by Crippen LogP contribution is 2.24. The molecular weight excluding hydrogens is 308 g/mol. The van der Waals surface area contributed by atoms with Crippen molar-refractivity contribution < 1.29 is 9.53 Å². The van der Waals surface area contributed by atoms with Crippen LogP contribution in [0.1, 0.15) is 35.8 Å². The van der Waals surface area contributed by atoms with Gasteiger partial charge in [0.2, 0.25) is 0 Å². The molecule has 1 saturated heterocycles.